The molecule has 1 aromatic rings. The maximum absolute atomic E-state index is 9.67. The first kappa shape index (κ1) is 11.7. The highest BCUT2D eigenvalue weighted by molar-refractivity contribution is 7.10. The molecule has 0 fully saturated rings. The van der Waals surface area contributed by atoms with Gasteiger partial charge in [0.2, 0.25) is 0 Å². The molecule has 0 spiro atoms. The van der Waals surface area contributed by atoms with Gasteiger partial charge in [0.05, 0.1) is 6.10 Å². The van der Waals surface area contributed by atoms with Crippen LogP contribution < -0.4 is 5.73 Å². The number of thiophene rings is 1. The molecule has 3 atom stereocenters. The summed E-state index contributed by atoms with van der Waals surface area (Å²) in [4.78, 5) is 1.37. The van der Waals surface area contributed by atoms with Crippen molar-refractivity contribution in [1.29, 1.82) is 0 Å². The van der Waals surface area contributed by atoms with Crippen LogP contribution in [0.2, 0.25) is 0 Å². The summed E-state index contributed by atoms with van der Waals surface area (Å²) >= 11 is 1.76. The van der Waals surface area contributed by atoms with E-state index in [0.29, 0.717) is 5.92 Å². The molecule has 0 saturated carbocycles. The van der Waals surface area contributed by atoms with Crippen LogP contribution in [-0.2, 0) is 0 Å². The minimum absolute atomic E-state index is 0.141. The molecule has 3 N–H and O–H groups in total. The molecule has 0 aromatic carbocycles. The van der Waals surface area contributed by atoms with Crippen molar-refractivity contribution in [3.63, 3.8) is 0 Å². The first-order chi connectivity index (χ1) is 6.52. The van der Waals surface area contributed by atoms with E-state index in [-0.39, 0.29) is 6.04 Å². The predicted octanol–water partition coefficient (Wildman–Crippen LogP) is 2.26. The largest absolute Gasteiger partial charge is 0.392 e. The van der Waals surface area contributed by atoms with E-state index in [1.165, 1.54) is 10.4 Å². The van der Waals surface area contributed by atoms with Gasteiger partial charge in [-0.2, -0.15) is 0 Å². The van der Waals surface area contributed by atoms with Crippen LogP contribution in [0.25, 0.3) is 0 Å². The quantitative estimate of drug-likeness (QED) is 0.806. The van der Waals surface area contributed by atoms with Crippen LogP contribution in [0.4, 0.5) is 0 Å². The number of aryl methyl sites for hydroxylation is 1. The molecule has 0 aliphatic carbocycles. The molecule has 1 rings (SSSR count). The van der Waals surface area contributed by atoms with Gasteiger partial charge in [0.15, 0.2) is 0 Å². The van der Waals surface area contributed by atoms with Gasteiger partial charge in [-0.15, -0.1) is 11.3 Å². The lowest BCUT2D eigenvalue weighted by atomic mass is 9.97. The SMILES string of the molecule is Cc1ccsc1C(C)CC(O)C(C)N. The Kier molecular flexibility index (Phi) is 4.11. The molecular weight excluding hydrogens is 194 g/mol. The molecule has 80 valence electrons. The molecule has 3 unspecified atom stereocenters. The van der Waals surface area contributed by atoms with Crippen molar-refractivity contribution in [2.24, 2.45) is 5.73 Å². The second kappa shape index (κ2) is 4.91. The highest BCUT2D eigenvalue weighted by Crippen LogP contribution is 2.28. The summed E-state index contributed by atoms with van der Waals surface area (Å²) in [6.45, 7) is 6.10. The maximum Gasteiger partial charge on any atom is 0.0694 e. The van der Waals surface area contributed by atoms with Crippen LogP contribution in [0.1, 0.15) is 36.6 Å². The Hall–Kier alpha value is -0.380. The van der Waals surface area contributed by atoms with Crippen molar-refractivity contribution in [2.45, 2.75) is 45.3 Å². The topological polar surface area (TPSA) is 46.2 Å². The van der Waals surface area contributed by atoms with Gasteiger partial charge >= 0.3 is 0 Å². The number of aliphatic hydroxyl groups excluding tert-OH is 1. The molecule has 0 aliphatic heterocycles. The molecule has 3 heteroatoms. The van der Waals surface area contributed by atoms with E-state index < -0.39 is 6.10 Å². The summed E-state index contributed by atoms with van der Waals surface area (Å²) in [6.07, 6.45) is 0.352. The van der Waals surface area contributed by atoms with Crippen LogP contribution in [-0.4, -0.2) is 17.3 Å². The summed E-state index contributed by atoms with van der Waals surface area (Å²) in [5.41, 5.74) is 6.95. The van der Waals surface area contributed by atoms with Crippen molar-refractivity contribution in [1.82, 2.24) is 0 Å². The van der Waals surface area contributed by atoms with Crippen molar-refractivity contribution >= 4 is 11.3 Å². The third-order valence-corrected chi connectivity index (χ3v) is 3.80. The molecule has 0 bridgehead atoms. The molecule has 14 heavy (non-hydrogen) atoms. The molecule has 1 heterocycles. The summed E-state index contributed by atoms with van der Waals surface area (Å²) < 4.78 is 0. The zero-order chi connectivity index (χ0) is 10.7. The Balaban J connectivity index is 2.59. The van der Waals surface area contributed by atoms with Crippen molar-refractivity contribution in [3.8, 4) is 0 Å². The molecule has 0 saturated heterocycles. The summed E-state index contributed by atoms with van der Waals surface area (Å²) in [5, 5.41) is 11.8. The van der Waals surface area contributed by atoms with Gasteiger partial charge in [-0.3, -0.25) is 0 Å². The van der Waals surface area contributed by atoms with E-state index >= 15 is 0 Å². The van der Waals surface area contributed by atoms with Crippen molar-refractivity contribution in [3.05, 3.63) is 21.9 Å². The molecule has 0 amide bonds. The number of hydrogen-bond acceptors (Lipinski definition) is 3. The lowest BCUT2D eigenvalue weighted by Crippen LogP contribution is -2.32. The van der Waals surface area contributed by atoms with Gasteiger partial charge in [0, 0.05) is 10.9 Å². The van der Waals surface area contributed by atoms with E-state index in [0.717, 1.165) is 6.42 Å². The fourth-order valence-corrected chi connectivity index (χ4v) is 2.57. The number of nitrogens with two attached hydrogens (primary N) is 1. The van der Waals surface area contributed by atoms with E-state index in [2.05, 4.69) is 25.3 Å². The van der Waals surface area contributed by atoms with Gasteiger partial charge in [-0.05, 0) is 43.2 Å². The van der Waals surface area contributed by atoms with Crippen LogP contribution in [0.5, 0.6) is 0 Å². The zero-order valence-electron chi connectivity index (χ0n) is 9.03. The van der Waals surface area contributed by atoms with Crippen molar-refractivity contribution in [2.75, 3.05) is 0 Å². The smallest absolute Gasteiger partial charge is 0.0694 e. The second-order valence-electron chi connectivity index (χ2n) is 4.03. The van der Waals surface area contributed by atoms with Gasteiger partial charge < -0.3 is 10.8 Å². The van der Waals surface area contributed by atoms with E-state index in [9.17, 15) is 5.11 Å². The average molecular weight is 213 g/mol. The van der Waals surface area contributed by atoms with Crippen LogP contribution in [0.15, 0.2) is 11.4 Å². The fourth-order valence-electron chi connectivity index (χ4n) is 1.57. The predicted molar refractivity (Wildman–Crippen MR) is 61.7 cm³/mol. The highest BCUT2D eigenvalue weighted by atomic mass is 32.1. The molecule has 0 aliphatic rings. The summed E-state index contributed by atoms with van der Waals surface area (Å²) in [7, 11) is 0. The summed E-state index contributed by atoms with van der Waals surface area (Å²) in [5.74, 6) is 0.399. The first-order valence-electron chi connectivity index (χ1n) is 5.00. The van der Waals surface area contributed by atoms with Gasteiger partial charge in [-0.1, -0.05) is 6.92 Å². The van der Waals surface area contributed by atoms with Gasteiger partial charge in [-0.25, -0.2) is 0 Å². The third kappa shape index (κ3) is 2.80. The van der Waals surface area contributed by atoms with E-state index in [1.807, 2.05) is 6.92 Å². The van der Waals surface area contributed by atoms with Gasteiger partial charge in [0.1, 0.15) is 0 Å². The average Bonchev–Trinajstić information content (AvgIpc) is 2.51. The Morgan fingerprint density at radius 2 is 2.14 bits per heavy atom. The second-order valence-corrected chi connectivity index (χ2v) is 4.98. The first-order valence-corrected chi connectivity index (χ1v) is 5.88. The maximum atomic E-state index is 9.67. The zero-order valence-corrected chi connectivity index (χ0v) is 9.84. The third-order valence-electron chi connectivity index (χ3n) is 2.55. The molecule has 0 radical (unpaired) electrons. The van der Waals surface area contributed by atoms with E-state index in [1.54, 1.807) is 11.3 Å². The molecule has 2 nitrogen and oxygen atoms in total. The molecule has 1 aromatic heterocycles. The van der Waals surface area contributed by atoms with Crippen molar-refractivity contribution < 1.29 is 5.11 Å². The summed E-state index contributed by atoms with van der Waals surface area (Å²) in [6, 6.07) is 1.98. The lowest BCUT2D eigenvalue weighted by Gasteiger charge is -2.19. The minimum Gasteiger partial charge on any atom is -0.392 e. The fraction of sp³-hybridized carbons (Fsp3) is 0.636. The number of hydrogen-bond donors (Lipinski definition) is 2. The Labute approximate surface area is 89.8 Å². The Bertz CT molecular complexity index is 283. The van der Waals surface area contributed by atoms with E-state index in [4.69, 9.17) is 5.73 Å². The monoisotopic (exact) mass is 213 g/mol. The minimum atomic E-state index is -0.397. The van der Waals surface area contributed by atoms with Crippen LogP contribution >= 0.6 is 11.3 Å². The molecular formula is C11H19NOS. The standard InChI is InChI=1S/C11H19NOS/c1-7-4-5-14-11(7)8(2)6-10(13)9(3)12/h4-5,8-10,13H,6,12H2,1-3H3. The van der Waals surface area contributed by atoms with Gasteiger partial charge in [0.25, 0.3) is 0 Å². The number of rotatable bonds is 4. The lowest BCUT2D eigenvalue weighted by molar-refractivity contribution is 0.134. The Morgan fingerprint density at radius 3 is 2.57 bits per heavy atom. The Morgan fingerprint density at radius 1 is 1.50 bits per heavy atom. The highest BCUT2D eigenvalue weighted by Gasteiger charge is 2.17. The van der Waals surface area contributed by atoms with Crippen LogP contribution in [0, 0.1) is 6.92 Å². The van der Waals surface area contributed by atoms with Crippen LogP contribution in [0.3, 0.4) is 0 Å². The number of aliphatic hydroxyl groups is 1. The normalized spacial score (nSPS) is 17.8.